The summed E-state index contributed by atoms with van der Waals surface area (Å²) in [5.41, 5.74) is 0.815. The Bertz CT molecular complexity index is 516. The van der Waals surface area contributed by atoms with Crippen LogP contribution in [0.25, 0.3) is 0 Å². The van der Waals surface area contributed by atoms with Crippen LogP contribution in [0.3, 0.4) is 0 Å². The Morgan fingerprint density at radius 2 is 2.00 bits per heavy atom. The average molecular weight is 331 g/mol. The molecule has 1 heterocycles. The normalized spacial score (nSPS) is 17.2. The number of hydrogen-bond acceptors (Lipinski definition) is 3. The molecule has 0 aliphatic heterocycles. The molecular formula is C15H23ClN2O2S. The van der Waals surface area contributed by atoms with Gasteiger partial charge in [-0.15, -0.1) is 11.6 Å². The van der Waals surface area contributed by atoms with E-state index < -0.39 is 10.0 Å². The third-order valence-electron chi connectivity index (χ3n) is 3.99. The van der Waals surface area contributed by atoms with Gasteiger partial charge in [-0.2, -0.15) is 4.31 Å². The quantitative estimate of drug-likeness (QED) is 0.722. The fourth-order valence-electron chi connectivity index (χ4n) is 2.90. The minimum atomic E-state index is -3.27. The first-order chi connectivity index (χ1) is 10.1. The molecule has 0 amide bonds. The van der Waals surface area contributed by atoms with Crippen LogP contribution in [-0.4, -0.2) is 41.9 Å². The number of aromatic nitrogens is 1. The maximum absolute atomic E-state index is 12.6. The molecule has 0 N–H and O–H groups in total. The molecule has 118 valence electrons. The molecule has 0 radical (unpaired) electrons. The highest BCUT2D eigenvalue weighted by atomic mass is 35.5. The van der Waals surface area contributed by atoms with Crippen LogP contribution in [0.15, 0.2) is 24.4 Å². The Morgan fingerprint density at radius 1 is 1.24 bits per heavy atom. The Labute approximate surface area is 132 Å². The summed E-state index contributed by atoms with van der Waals surface area (Å²) >= 11 is 5.82. The number of nitrogens with zero attached hydrogens (tertiary/aromatic N) is 2. The second kappa shape index (κ2) is 8.11. The van der Waals surface area contributed by atoms with Crippen LogP contribution < -0.4 is 0 Å². The summed E-state index contributed by atoms with van der Waals surface area (Å²) in [6.07, 6.45) is 7.49. The fourth-order valence-corrected chi connectivity index (χ4v) is 4.92. The van der Waals surface area contributed by atoms with Crippen molar-refractivity contribution in [1.29, 1.82) is 0 Å². The van der Waals surface area contributed by atoms with Gasteiger partial charge in [-0.25, -0.2) is 8.42 Å². The summed E-state index contributed by atoms with van der Waals surface area (Å²) in [5, 5.41) is 0. The lowest BCUT2D eigenvalue weighted by molar-refractivity contribution is 0.262. The number of halogens is 1. The molecular weight excluding hydrogens is 308 g/mol. The van der Waals surface area contributed by atoms with E-state index in [1.807, 2.05) is 18.2 Å². The lowest BCUT2D eigenvalue weighted by Crippen LogP contribution is -2.44. The Kier molecular flexibility index (Phi) is 6.45. The van der Waals surface area contributed by atoms with Crippen molar-refractivity contribution in [3.05, 3.63) is 30.1 Å². The molecule has 0 atom stereocenters. The summed E-state index contributed by atoms with van der Waals surface area (Å²) in [5.74, 6) is 0.455. The van der Waals surface area contributed by atoms with Gasteiger partial charge in [0.15, 0.2) is 0 Å². The minimum Gasteiger partial charge on any atom is -0.261 e. The molecule has 1 aromatic heterocycles. The maximum atomic E-state index is 12.6. The van der Waals surface area contributed by atoms with Gasteiger partial charge in [-0.1, -0.05) is 25.3 Å². The Balaban J connectivity index is 2.02. The van der Waals surface area contributed by atoms with E-state index in [-0.39, 0.29) is 11.8 Å². The van der Waals surface area contributed by atoms with Gasteiger partial charge in [0.05, 0.1) is 5.75 Å². The SMILES string of the molecule is O=S(=O)(CCc1ccccn1)N(CCCl)C1CCCCC1. The van der Waals surface area contributed by atoms with Gasteiger partial charge in [0.25, 0.3) is 0 Å². The Hall–Kier alpha value is -0.650. The molecule has 0 saturated heterocycles. The monoisotopic (exact) mass is 330 g/mol. The predicted molar refractivity (Wildman–Crippen MR) is 86.0 cm³/mol. The highest BCUT2D eigenvalue weighted by molar-refractivity contribution is 7.89. The van der Waals surface area contributed by atoms with Crippen molar-refractivity contribution in [3.63, 3.8) is 0 Å². The molecule has 0 spiro atoms. The minimum absolute atomic E-state index is 0.109. The molecule has 1 aliphatic rings. The van der Waals surface area contributed by atoms with E-state index in [0.29, 0.717) is 18.8 Å². The van der Waals surface area contributed by atoms with Crippen molar-refractivity contribution >= 4 is 21.6 Å². The lowest BCUT2D eigenvalue weighted by Gasteiger charge is -2.33. The third kappa shape index (κ3) is 4.94. The van der Waals surface area contributed by atoms with Gasteiger partial charge >= 0.3 is 0 Å². The second-order valence-corrected chi connectivity index (χ2v) is 7.90. The van der Waals surface area contributed by atoms with Gasteiger partial charge in [0.2, 0.25) is 10.0 Å². The van der Waals surface area contributed by atoms with Gasteiger partial charge in [0.1, 0.15) is 0 Å². The van der Waals surface area contributed by atoms with Crippen molar-refractivity contribution in [3.8, 4) is 0 Å². The molecule has 0 aromatic carbocycles. The van der Waals surface area contributed by atoms with Crippen molar-refractivity contribution < 1.29 is 8.42 Å². The standard InChI is InChI=1S/C15H23ClN2O2S/c16-10-12-18(15-7-2-1-3-8-15)21(19,20)13-9-14-6-4-5-11-17-14/h4-6,11,15H,1-3,7-10,12-13H2. The number of hydrogen-bond donors (Lipinski definition) is 0. The third-order valence-corrected chi connectivity index (χ3v) is 6.07. The largest absolute Gasteiger partial charge is 0.261 e. The van der Waals surface area contributed by atoms with Crippen molar-refractivity contribution in [2.75, 3.05) is 18.2 Å². The first-order valence-electron chi connectivity index (χ1n) is 7.59. The predicted octanol–water partition coefficient (Wildman–Crippen LogP) is 2.83. The van der Waals surface area contributed by atoms with Gasteiger partial charge in [-0.05, 0) is 25.0 Å². The van der Waals surface area contributed by atoms with Crippen LogP contribution in [0, 0.1) is 0 Å². The molecule has 0 unspecified atom stereocenters. The number of alkyl halides is 1. The van der Waals surface area contributed by atoms with Crippen LogP contribution in [-0.2, 0) is 16.4 Å². The average Bonchev–Trinajstić information content (AvgIpc) is 2.52. The number of pyridine rings is 1. The van der Waals surface area contributed by atoms with Crippen molar-refractivity contribution in [2.24, 2.45) is 0 Å². The molecule has 1 aliphatic carbocycles. The van der Waals surface area contributed by atoms with E-state index in [4.69, 9.17) is 11.6 Å². The van der Waals surface area contributed by atoms with Gasteiger partial charge in [0, 0.05) is 36.8 Å². The van der Waals surface area contributed by atoms with E-state index >= 15 is 0 Å². The number of sulfonamides is 1. The molecule has 2 rings (SSSR count). The molecule has 1 fully saturated rings. The van der Waals surface area contributed by atoms with Gasteiger partial charge < -0.3 is 0 Å². The fraction of sp³-hybridized carbons (Fsp3) is 0.667. The molecule has 21 heavy (non-hydrogen) atoms. The highest BCUT2D eigenvalue weighted by Gasteiger charge is 2.30. The summed E-state index contributed by atoms with van der Waals surface area (Å²) in [7, 11) is -3.27. The van der Waals surface area contributed by atoms with Crippen LogP contribution in [0.2, 0.25) is 0 Å². The van der Waals surface area contributed by atoms with Crippen molar-refractivity contribution in [2.45, 2.75) is 44.6 Å². The maximum Gasteiger partial charge on any atom is 0.214 e. The zero-order valence-electron chi connectivity index (χ0n) is 12.2. The zero-order valence-corrected chi connectivity index (χ0v) is 13.8. The number of rotatable bonds is 7. The van der Waals surface area contributed by atoms with E-state index in [1.165, 1.54) is 6.42 Å². The Morgan fingerprint density at radius 3 is 2.62 bits per heavy atom. The van der Waals surface area contributed by atoms with E-state index in [2.05, 4.69) is 4.98 Å². The summed E-state index contributed by atoms with van der Waals surface area (Å²) in [4.78, 5) is 4.19. The second-order valence-electron chi connectivity index (χ2n) is 5.48. The summed E-state index contributed by atoms with van der Waals surface area (Å²) in [6, 6.07) is 5.71. The van der Waals surface area contributed by atoms with Gasteiger partial charge in [-0.3, -0.25) is 4.98 Å². The first-order valence-corrected chi connectivity index (χ1v) is 9.73. The molecule has 1 aromatic rings. The van der Waals surface area contributed by atoms with Crippen LogP contribution in [0.1, 0.15) is 37.8 Å². The zero-order chi connectivity index (χ0) is 15.1. The summed E-state index contributed by atoms with van der Waals surface area (Å²) in [6.45, 7) is 0.413. The topological polar surface area (TPSA) is 50.3 Å². The van der Waals surface area contributed by atoms with E-state index in [9.17, 15) is 8.42 Å². The molecule has 6 heteroatoms. The molecule has 0 bridgehead atoms. The first kappa shape index (κ1) is 16.7. The molecule has 1 saturated carbocycles. The highest BCUT2D eigenvalue weighted by Crippen LogP contribution is 2.25. The van der Waals surface area contributed by atoms with Crippen LogP contribution >= 0.6 is 11.6 Å². The van der Waals surface area contributed by atoms with E-state index in [0.717, 1.165) is 31.4 Å². The smallest absolute Gasteiger partial charge is 0.214 e. The molecule has 4 nitrogen and oxygen atoms in total. The van der Waals surface area contributed by atoms with E-state index in [1.54, 1.807) is 10.5 Å². The van der Waals surface area contributed by atoms with Crippen molar-refractivity contribution in [1.82, 2.24) is 9.29 Å². The lowest BCUT2D eigenvalue weighted by atomic mass is 9.95. The van der Waals surface area contributed by atoms with Crippen LogP contribution in [0.5, 0.6) is 0 Å². The number of aryl methyl sites for hydroxylation is 1. The van der Waals surface area contributed by atoms with Crippen LogP contribution in [0.4, 0.5) is 0 Å². The summed E-state index contributed by atoms with van der Waals surface area (Å²) < 4.78 is 26.9.